The molecule has 0 radical (unpaired) electrons. The highest BCUT2D eigenvalue weighted by atomic mass is 16.2. The molecule has 18 heavy (non-hydrogen) atoms. The maximum atomic E-state index is 11.2. The molecular weight excluding hydrogens is 230 g/mol. The van der Waals surface area contributed by atoms with Crippen LogP contribution in [-0.4, -0.2) is 11.8 Å². The second-order valence-electron chi connectivity index (χ2n) is 3.64. The molecule has 0 fully saturated rings. The third-order valence-corrected chi connectivity index (χ3v) is 2.51. The fourth-order valence-electron chi connectivity index (χ4n) is 1.68. The Kier molecular flexibility index (Phi) is 2.94. The van der Waals surface area contributed by atoms with E-state index in [2.05, 4.69) is 5.32 Å². The first-order valence-corrected chi connectivity index (χ1v) is 5.16. The van der Waals surface area contributed by atoms with Gasteiger partial charge in [0.1, 0.15) is 6.07 Å². The van der Waals surface area contributed by atoms with Gasteiger partial charge < -0.3 is 11.1 Å². The van der Waals surface area contributed by atoms with E-state index in [4.69, 9.17) is 11.0 Å². The summed E-state index contributed by atoms with van der Waals surface area (Å²) in [4.78, 5) is 21.9. The molecule has 0 aromatic heterocycles. The molecule has 0 aliphatic rings. The largest absolute Gasteiger partial charge is 0.361 e. The standard InChI is InChI=1S/C13H9N3O2/c14-7-10-9-4-2-1-3-8(9)5-6-11(10)16-13(18)12(15)17/h1-6H,(H2,15,17)(H,16,18). The Morgan fingerprint density at radius 3 is 2.56 bits per heavy atom. The molecule has 0 spiro atoms. The van der Waals surface area contributed by atoms with Crippen molar-refractivity contribution in [3.05, 3.63) is 42.0 Å². The van der Waals surface area contributed by atoms with Crippen molar-refractivity contribution in [3.8, 4) is 6.07 Å². The number of hydrogen-bond donors (Lipinski definition) is 2. The van der Waals surface area contributed by atoms with Crippen LogP contribution in [0.1, 0.15) is 5.56 Å². The Hall–Kier alpha value is -2.87. The lowest BCUT2D eigenvalue weighted by molar-refractivity contribution is -0.134. The van der Waals surface area contributed by atoms with E-state index in [1.807, 2.05) is 18.2 Å². The van der Waals surface area contributed by atoms with Gasteiger partial charge in [-0.2, -0.15) is 5.26 Å². The van der Waals surface area contributed by atoms with Crippen LogP contribution in [0.4, 0.5) is 5.69 Å². The van der Waals surface area contributed by atoms with Gasteiger partial charge >= 0.3 is 11.8 Å². The van der Waals surface area contributed by atoms with Crippen LogP contribution in [0.2, 0.25) is 0 Å². The fourth-order valence-corrected chi connectivity index (χ4v) is 1.68. The molecule has 0 bridgehead atoms. The van der Waals surface area contributed by atoms with Crippen molar-refractivity contribution >= 4 is 28.3 Å². The van der Waals surface area contributed by atoms with Crippen LogP contribution in [-0.2, 0) is 9.59 Å². The van der Waals surface area contributed by atoms with Crippen LogP contribution >= 0.6 is 0 Å². The summed E-state index contributed by atoms with van der Waals surface area (Å²) >= 11 is 0. The van der Waals surface area contributed by atoms with Crippen molar-refractivity contribution in [1.82, 2.24) is 0 Å². The average Bonchev–Trinajstić information content (AvgIpc) is 2.38. The molecule has 2 rings (SSSR count). The first kappa shape index (κ1) is 11.6. The predicted octanol–water partition coefficient (Wildman–Crippen LogP) is 1.14. The topological polar surface area (TPSA) is 96.0 Å². The summed E-state index contributed by atoms with van der Waals surface area (Å²) in [6.45, 7) is 0. The number of fused-ring (bicyclic) bond motifs is 1. The number of nitrogens with two attached hydrogens (primary N) is 1. The van der Waals surface area contributed by atoms with E-state index in [1.54, 1.807) is 24.3 Å². The number of carbonyl (C=O) groups excluding carboxylic acids is 2. The monoisotopic (exact) mass is 239 g/mol. The smallest absolute Gasteiger partial charge is 0.313 e. The van der Waals surface area contributed by atoms with Crippen molar-refractivity contribution in [2.45, 2.75) is 0 Å². The van der Waals surface area contributed by atoms with Gasteiger partial charge in [-0.1, -0.05) is 30.3 Å². The zero-order valence-electron chi connectivity index (χ0n) is 9.31. The zero-order chi connectivity index (χ0) is 13.1. The minimum absolute atomic E-state index is 0.278. The third-order valence-electron chi connectivity index (χ3n) is 2.51. The number of benzene rings is 2. The number of hydrogen-bond acceptors (Lipinski definition) is 3. The van der Waals surface area contributed by atoms with Gasteiger partial charge in [0.25, 0.3) is 0 Å². The highest BCUT2D eigenvalue weighted by molar-refractivity contribution is 6.39. The Labute approximate surface area is 103 Å². The zero-order valence-corrected chi connectivity index (χ0v) is 9.31. The van der Waals surface area contributed by atoms with Gasteiger partial charge in [0.2, 0.25) is 0 Å². The third kappa shape index (κ3) is 1.99. The molecule has 0 saturated heterocycles. The molecule has 2 aromatic rings. The minimum Gasteiger partial charge on any atom is -0.361 e. The summed E-state index contributed by atoms with van der Waals surface area (Å²) in [6, 6.07) is 12.6. The van der Waals surface area contributed by atoms with Gasteiger partial charge in [0.05, 0.1) is 11.3 Å². The highest BCUT2D eigenvalue weighted by Gasteiger charge is 2.13. The summed E-state index contributed by atoms with van der Waals surface area (Å²) in [5.41, 5.74) is 5.44. The lowest BCUT2D eigenvalue weighted by Gasteiger charge is -2.07. The predicted molar refractivity (Wildman–Crippen MR) is 66.5 cm³/mol. The highest BCUT2D eigenvalue weighted by Crippen LogP contribution is 2.25. The summed E-state index contributed by atoms with van der Waals surface area (Å²) in [7, 11) is 0. The minimum atomic E-state index is -1.09. The quantitative estimate of drug-likeness (QED) is 0.730. The van der Waals surface area contributed by atoms with Crippen LogP contribution in [0.5, 0.6) is 0 Å². The Morgan fingerprint density at radius 1 is 1.17 bits per heavy atom. The van der Waals surface area contributed by atoms with Crippen LogP contribution in [0.15, 0.2) is 36.4 Å². The average molecular weight is 239 g/mol. The molecule has 0 saturated carbocycles. The van der Waals surface area contributed by atoms with E-state index in [-0.39, 0.29) is 5.69 Å². The van der Waals surface area contributed by atoms with E-state index >= 15 is 0 Å². The molecule has 2 amide bonds. The van der Waals surface area contributed by atoms with Crippen molar-refractivity contribution in [1.29, 1.82) is 5.26 Å². The molecule has 0 aliphatic carbocycles. The SMILES string of the molecule is N#Cc1c(NC(=O)C(N)=O)ccc2ccccc12. The van der Waals surface area contributed by atoms with E-state index < -0.39 is 11.8 Å². The number of nitrogens with one attached hydrogen (secondary N) is 1. The Morgan fingerprint density at radius 2 is 1.89 bits per heavy atom. The van der Waals surface area contributed by atoms with Crippen molar-refractivity contribution < 1.29 is 9.59 Å². The normalized spacial score (nSPS) is 9.72. The molecule has 0 aliphatic heterocycles. The van der Waals surface area contributed by atoms with Gasteiger partial charge in [-0.3, -0.25) is 9.59 Å². The van der Waals surface area contributed by atoms with Crippen LogP contribution in [0.25, 0.3) is 10.8 Å². The molecule has 2 aromatic carbocycles. The summed E-state index contributed by atoms with van der Waals surface area (Å²) in [5.74, 6) is -2.03. The van der Waals surface area contributed by atoms with Crippen molar-refractivity contribution in [2.75, 3.05) is 5.32 Å². The maximum absolute atomic E-state index is 11.2. The Bertz CT molecular complexity index is 686. The molecule has 5 heteroatoms. The van der Waals surface area contributed by atoms with Gasteiger partial charge in [-0.15, -0.1) is 0 Å². The molecular formula is C13H9N3O2. The molecule has 0 atom stereocenters. The van der Waals surface area contributed by atoms with Gasteiger partial charge in [0.15, 0.2) is 0 Å². The molecule has 88 valence electrons. The molecule has 5 nitrogen and oxygen atoms in total. The van der Waals surface area contributed by atoms with E-state index in [0.717, 1.165) is 5.39 Å². The first-order valence-electron chi connectivity index (χ1n) is 5.16. The van der Waals surface area contributed by atoms with Crippen LogP contribution in [0.3, 0.4) is 0 Å². The molecule has 0 heterocycles. The van der Waals surface area contributed by atoms with Crippen molar-refractivity contribution in [3.63, 3.8) is 0 Å². The van der Waals surface area contributed by atoms with Crippen molar-refractivity contribution in [2.24, 2.45) is 5.73 Å². The number of carbonyl (C=O) groups is 2. The first-order chi connectivity index (χ1) is 8.63. The van der Waals surface area contributed by atoms with E-state index in [9.17, 15) is 9.59 Å². The van der Waals surface area contributed by atoms with E-state index in [1.165, 1.54) is 0 Å². The number of nitrogens with zero attached hydrogens (tertiary/aromatic N) is 1. The second kappa shape index (κ2) is 4.55. The number of anilines is 1. The molecule has 0 unspecified atom stereocenters. The number of rotatable bonds is 1. The van der Waals surface area contributed by atoms with Gasteiger partial charge in [-0.05, 0) is 11.5 Å². The summed E-state index contributed by atoms with van der Waals surface area (Å²) in [5, 5.41) is 13.1. The Balaban J connectivity index is 2.56. The summed E-state index contributed by atoms with van der Waals surface area (Å²) < 4.78 is 0. The van der Waals surface area contributed by atoms with Gasteiger partial charge in [-0.25, -0.2) is 0 Å². The lowest BCUT2D eigenvalue weighted by atomic mass is 10.0. The fraction of sp³-hybridized carbons (Fsp3) is 0. The maximum Gasteiger partial charge on any atom is 0.313 e. The number of nitriles is 1. The molecule has 3 N–H and O–H groups in total. The summed E-state index contributed by atoms with van der Waals surface area (Å²) in [6.07, 6.45) is 0. The number of amides is 2. The number of primary amides is 1. The second-order valence-corrected chi connectivity index (χ2v) is 3.64. The van der Waals surface area contributed by atoms with Gasteiger partial charge in [0, 0.05) is 5.39 Å². The van der Waals surface area contributed by atoms with Crippen LogP contribution in [0, 0.1) is 11.3 Å². The lowest BCUT2D eigenvalue weighted by Crippen LogP contribution is -2.29. The van der Waals surface area contributed by atoms with Crippen LogP contribution < -0.4 is 11.1 Å². The van der Waals surface area contributed by atoms with E-state index in [0.29, 0.717) is 10.9 Å².